The molecule has 8 heterocycles. The predicted molar refractivity (Wildman–Crippen MR) is 222 cm³/mol. The van der Waals surface area contributed by atoms with Crippen molar-refractivity contribution in [1.29, 1.82) is 0 Å². The third kappa shape index (κ3) is 13.9. The Morgan fingerprint density at radius 2 is 0.456 bits per heavy atom. The van der Waals surface area contributed by atoms with Crippen molar-refractivity contribution in [2.75, 3.05) is 79.3 Å². The molecule has 8 rings (SSSR count). The van der Waals surface area contributed by atoms with E-state index in [1.165, 1.54) is 0 Å². The Morgan fingerprint density at radius 1 is 0.263 bits per heavy atom. The molecule has 8 fully saturated rings. The zero-order valence-corrected chi connectivity index (χ0v) is 36.1. The van der Waals surface area contributed by atoms with Gasteiger partial charge in [0.15, 0.2) is 0 Å². The van der Waals surface area contributed by atoms with Crippen LogP contribution in [-0.4, -0.2) is 158 Å². The maximum atomic E-state index is 5.96. The van der Waals surface area contributed by atoms with E-state index in [4.69, 9.17) is 74.5 Å². The van der Waals surface area contributed by atoms with E-state index in [1.54, 1.807) is 0 Å². The lowest BCUT2D eigenvalue weighted by Crippen LogP contribution is -2.56. The highest BCUT2D eigenvalue weighted by Gasteiger charge is 2.63. The topological polar surface area (TPSA) is 148 Å². The average Bonchev–Trinajstić information content (AvgIpc) is 3.94. The normalized spacial score (nSPS) is 28.4. The quantitative estimate of drug-likeness (QED) is 0.383. The van der Waals surface area contributed by atoms with Gasteiger partial charge in [0.1, 0.15) is 0 Å². The van der Waals surface area contributed by atoms with Crippen LogP contribution in [0, 0.1) is 10.8 Å². The highest BCUT2D eigenvalue weighted by molar-refractivity contribution is 7.12. The van der Waals surface area contributed by atoms with E-state index in [0.717, 1.165) is 39.3 Å². The lowest BCUT2D eigenvalue weighted by atomic mass is 9.47. The van der Waals surface area contributed by atoms with E-state index in [-0.39, 0.29) is 82.7 Å². The van der Waals surface area contributed by atoms with Crippen LogP contribution in [0.4, 0.5) is 0 Å². The minimum atomic E-state index is -0.476. The largest absolute Gasteiger partial charge is 0.488 e. The Labute approximate surface area is 345 Å². The molecular formula is C33H68B8O16. The minimum Gasteiger partial charge on any atom is -0.413 e. The first-order valence-corrected chi connectivity index (χ1v) is 20.3. The van der Waals surface area contributed by atoms with E-state index >= 15 is 0 Å². The molecule has 0 aliphatic carbocycles. The van der Waals surface area contributed by atoms with Crippen LogP contribution in [0.2, 0.25) is 0 Å². The van der Waals surface area contributed by atoms with Gasteiger partial charge in [-0.25, -0.2) is 0 Å². The molecular weight excluding hydrogens is 739 g/mol. The van der Waals surface area contributed by atoms with E-state index < -0.39 is 14.0 Å². The minimum absolute atomic E-state index is 0. The molecule has 320 valence electrons. The van der Waals surface area contributed by atoms with Gasteiger partial charge in [0, 0.05) is 63.7 Å². The van der Waals surface area contributed by atoms with Crippen LogP contribution < -0.4 is 0 Å². The van der Waals surface area contributed by atoms with Crippen LogP contribution >= 0.6 is 0 Å². The lowest BCUT2D eigenvalue weighted by Gasteiger charge is -2.38. The molecule has 0 N–H and O–H groups in total. The van der Waals surface area contributed by atoms with Gasteiger partial charge < -0.3 is 74.5 Å². The van der Waals surface area contributed by atoms with Crippen LogP contribution in [0.5, 0.6) is 0 Å². The van der Waals surface area contributed by atoms with E-state index in [2.05, 4.69) is 27.7 Å². The summed E-state index contributed by atoms with van der Waals surface area (Å²) >= 11 is 0. The standard InChI is InChI=1S/C12H24B2O4.C10H20B2O4.C6H12B2O4.C4H8B2O4.CH4/c1-9(2)10(3,4)16-13(15-9)14-17-11(5,6)12(7,8)18-14;1-9(2)5-13-11(14-6-9)12-15-7-10(3,4)8-16-12;1-3-9-7(10-4-1)8-11-5-2-6-12-8;1-2-8-5(7-1)6-9-3-4-10-6;/h1-8H3;5-8H2,1-4H3;1-6H2;1-4H2;1H4. The van der Waals surface area contributed by atoms with Crippen molar-refractivity contribution in [3.8, 4) is 0 Å². The molecule has 0 aromatic rings. The Hall–Kier alpha value is -0.121. The summed E-state index contributed by atoms with van der Waals surface area (Å²) in [7, 11) is -2.89. The fourth-order valence-corrected chi connectivity index (χ4v) is 6.12. The summed E-state index contributed by atoms with van der Waals surface area (Å²) in [6, 6.07) is 0. The first kappa shape index (κ1) is 49.5. The van der Waals surface area contributed by atoms with Gasteiger partial charge in [0.25, 0.3) is 0 Å². The molecule has 0 unspecified atom stereocenters. The highest BCUT2D eigenvalue weighted by Crippen LogP contribution is 2.43. The second-order valence-electron chi connectivity index (χ2n) is 18.7. The fourth-order valence-electron chi connectivity index (χ4n) is 6.12. The average molecular weight is 807 g/mol. The molecule has 8 saturated heterocycles. The van der Waals surface area contributed by atoms with E-state index in [0.29, 0.717) is 52.9 Å². The molecule has 0 spiro atoms. The molecule has 0 radical (unpaired) electrons. The predicted octanol–water partition coefficient (Wildman–Crippen LogP) is 3.12. The van der Waals surface area contributed by atoms with Gasteiger partial charge in [-0.3, -0.25) is 0 Å². The number of hydrogen-bond acceptors (Lipinski definition) is 16. The van der Waals surface area contributed by atoms with Gasteiger partial charge in [-0.15, -0.1) is 0 Å². The van der Waals surface area contributed by atoms with E-state index in [9.17, 15) is 0 Å². The molecule has 16 nitrogen and oxygen atoms in total. The van der Waals surface area contributed by atoms with Crippen LogP contribution in [0.25, 0.3) is 0 Å². The second kappa shape index (κ2) is 20.8. The molecule has 0 aromatic heterocycles. The van der Waals surface area contributed by atoms with Crippen molar-refractivity contribution in [3.05, 3.63) is 0 Å². The van der Waals surface area contributed by atoms with Crippen molar-refractivity contribution >= 4 is 56.1 Å². The van der Waals surface area contributed by atoms with Gasteiger partial charge in [-0.2, -0.15) is 0 Å². The first-order valence-electron chi connectivity index (χ1n) is 20.3. The number of hydrogen-bond donors (Lipinski definition) is 0. The summed E-state index contributed by atoms with van der Waals surface area (Å²) < 4.78 is 88.4. The van der Waals surface area contributed by atoms with Crippen molar-refractivity contribution in [2.45, 2.75) is 126 Å². The highest BCUT2D eigenvalue weighted by atomic mass is 16.7. The molecule has 0 atom stereocenters. The van der Waals surface area contributed by atoms with Crippen LogP contribution in [0.15, 0.2) is 0 Å². The zero-order valence-electron chi connectivity index (χ0n) is 36.1. The van der Waals surface area contributed by atoms with Crippen LogP contribution in [-0.2, 0) is 74.5 Å². The van der Waals surface area contributed by atoms with E-state index in [1.807, 2.05) is 55.4 Å². The van der Waals surface area contributed by atoms with Crippen molar-refractivity contribution in [2.24, 2.45) is 10.8 Å². The summed E-state index contributed by atoms with van der Waals surface area (Å²) in [6.07, 6.45) is 1.92. The molecule has 57 heavy (non-hydrogen) atoms. The molecule has 0 saturated carbocycles. The molecule has 0 amide bonds. The molecule has 8 aliphatic rings. The van der Waals surface area contributed by atoms with Gasteiger partial charge in [0.2, 0.25) is 0 Å². The second-order valence-corrected chi connectivity index (χ2v) is 18.7. The van der Waals surface area contributed by atoms with Crippen LogP contribution in [0.3, 0.4) is 0 Å². The molecule has 8 aliphatic heterocycles. The maximum Gasteiger partial charge on any atom is 0.488 e. The van der Waals surface area contributed by atoms with Crippen molar-refractivity contribution in [3.63, 3.8) is 0 Å². The monoisotopic (exact) mass is 809 g/mol. The Balaban J connectivity index is 0.000000171. The smallest absolute Gasteiger partial charge is 0.413 e. The molecule has 24 heteroatoms. The number of rotatable bonds is 4. The van der Waals surface area contributed by atoms with Gasteiger partial charge in [-0.1, -0.05) is 35.1 Å². The lowest BCUT2D eigenvalue weighted by molar-refractivity contribution is 0.00578. The van der Waals surface area contributed by atoms with Gasteiger partial charge >= 0.3 is 56.1 Å². The summed E-state index contributed by atoms with van der Waals surface area (Å²) in [4.78, 5) is 0. The summed E-state index contributed by atoms with van der Waals surface area (Å²) in [5.74, 6) is 0. The van der Waals surface area contributed by atoms with Crippen LogP contribution in [0.1, 0.15) is 103 Å². The first-order chi connectivity index (χ1) is 26.2. The fraction of sp³-hybridized carbons (Fsp3) is 1.00. The third-order valence-corrected chi connectivity index (χ3v) is 11.0. The SMILES string of the molecule is C.C1COB(B2OCCCO2)OC1.C1COB(B2OCCO2)O1.CC1(C)COB(B2OCC(C)(C)CO2)OC1.CC1(C)OB(B2OC(C)(C)C(C)(C)O2)OC1(C)C. The van der Waals surface area contributed by atoms with Crippen molar-refractivity contribution in [1.82, 2.24) is 0 Å². The Morgan fingerprint density at radius 3 is 0.684 bits per heavy atom. The van der Waals surface area contributed by atoms with Gasteiger partial charge in [-0.05, 0) is 68.2 Å². The van der Waals surface area contributed by atoms with Gasteiger partial charge in [0.05, 0.1) is 48.8 Å². The van der Waals surface area contributed by atoms with Crippen molar-refractivity contribution < 1.29 is 74.5 Å². The third-order valence-electron chi connectivity index (χ3n) is 11.0. The Bertz CT molecular complexity index is 1060. The summed E-state index contributed by atoms with van der Waals surface area (Å²) in [6.45, 7) is 33.0. The molecule has 0 aromatic carbocycles. The molecule has 0 bridgehead atoms. The zero-order chi connectivity index (χ0) is 40.8. The maximum absolute atomic E-state index is 5.96. The Kier molecular flexibility index (Phi) is 18.1. The summed E-state index contributed by atoms with van der Waals surface area (Å²) in [5, 5.41) is 0. The summed E-state index contributed by atoms with van der Waals surface area (Å²) in [5.41, 5.74) is -1.26.